The second-order valence-electron chi connectivity index (χ2n) is 4.02. The number of rotatable bonds is 5. The smallest absolute Gasteiger partial charge is 0.354 e. The highest BCUT2D eigenvalue weighted by atomic mass is 32.2. The predicted molar refractivity (Wildman–Crippen MR) is 75.0 cm³/mol. The highest BCUT2D eigenvalue weighted by molar-refractivity contribution is 7.92. The van der Waals surface area contributed by atoms with Gasteiger partial charge >= 0.3 is 5.97 Å². The van der Waals surface area contributed by atoms with Crippen LogP contribution in [-0.4, -0.2) is 31.6 Å². The third-order valence-corrected chi connectivity index (χ3v) is 4.00. The second-order valence-corrected chi connectivity index (χ2v) is 5.70. The standard InChI is InChI=1S/C13H12N2O5S/c1-20-10-2-4-11(5-3-10)21(18,19)15-9-6-7-14-12(8-9)13(16)17/h2-8H,1H3,(H,14,15)(H,16,17). The first-order chi connectivity index (χ1) is 9.92. The average Bonchev–Trinajstić information content (AvgIpc) is 2.47. The Morgan fingerprint density at radius 1 is 1.24 bits per heavy atom. The zero-order valence-corrected chi connectivity index (χ0v) is 11.8. The molecule has 0 saturated carbocycles. The maximum atomic E-state index is 12.2. The molecular formula is C13H12N2O5S. The molecule has 2 N–H and O–H groups in total. The third-order valence-electron chi connectivity index (χ3n) is 2.60. The Morgan fingerprint density at radius 3 is 2.48 bits per heavy atom. The quantitative estimate of drug-likeness (QED) is 0.869. The van der Waals surface area contributed by atoms with E-state index in [9.17, 15) is 13.2 Å². The van der Waals surface area contributed by atoms with E-state index < -0.39 is 16.0 Å². The molecular weight excluding hydrogens is 296 g/mol. The number of aromatic carboxylic acids is 1. The van der Waals surface area contributed by atoms with Crippen molar-refractivity contribution in [3.05, 3.63) is 48.3 Å². The van der Waals surface area contributed by atoms with Crippen molar-refractivity contribution in [1.82, 2.24) is 4.98 Å². The van der Waals surface area contributed by atoms with E-state index in [2.05, 4.69) is 9.71 Å². The lowest BCUT2D eigenvalue weighted by Gasteiger charge is -2.09. The van der Waals surface area contributed by atoms with Crippen LogP contribution in [0.1, 0.15) is 10.5 Å². The van der Waals surface area contributed by atoms with Gasteiger partial charge in [0.25, 0.3) is 10.0 Å². The van der Waals surface area contributed by atoms with Crippen molar-refractivity contribution < 1.29 is 23.1 Å². The largest absolute Gasteiger partial charge is 0.497 e. The molecule has 0 saturated heterocycles. The lowest BCUT2D eigenvalue weighted by Crippen LogP contribution is -2.13. The van der Waals surface area contributed by atoms with Crippen molar-refractivity contribution in [2.75, 3.05) is 11.8 Å². The summed E-state index contributed by atoms with van der Waals surface area (Å²) in [7, 11) is -2.33. The Labute approximate surface area is 121 Å². The van der Waals surface area contributed by atoms with E-state index in [4.69, 9.17) is 9.84 Å². The fourth-order valence-corrected chi connectivity index (χ4v) is 2.63. The van der Waals surface area contributed by atoms with Gasteiger partial charge in [-0.25, -0.2) is 18.2 Å². The Bertz CT molecular complexity index is 756. The van der Waals surface area contributed by atoms with Crippen molar-refractivity contribution in [3.63, 3.8) is 0 Å². The fraction of sp³-hybridized carbons (Fsp3) is 0.0769. The second kappa shape index (κ2) is 5.80. The molecule has 0 amide bonds. The van der Waals surface area contributed by atoms with Crippen LogP contribution in [0.3, 0.4) is 0 Å². The molecule has 0 bridgehead atoms. The molecule has 0 spiro atoms. The number of carboxylic acid groups (broad SMARTS) is 1. The van der Waals surface area contributed by atoms with Crippen molar-refractivity contribution in [3.8, 4) is 5.75 Å². The minimum atomic E-state index is -3.81. The molecule has 0 radical (unpaired) electrons. The summed E-state index contributed by atoms with van der Waals surface area (Å²) in [5.74, 6) is -0.702. The van der Waals surface area contributed by atoms with Crippen LogP contribution in [0.25, 0.3) is 0 Å². The lowest BCUT2D eigenvalue weighted by molar-refractivity contribution is 0.0690. The van der Waals surface area contributed by atoms with Gasteiger partial charge in [-0.2, -0.15) is 0 Å². The molecule has 0 aliphatic rings. The number of carboxylic acids is 1. The molecule has 0 atom stereocenters. The Morgan fingerprint density at radius 2 is 1.90 bits per heavy atom. The van der Waals surface area contributed by atoms with Gasteiger partial charge in [0.1, 0.15) is 11.4 Å². The van der Waals surface area contributed by atoms with Gasteiger partial charge in [-0.15, -0.1) is 0 Å². The summed E-state index contributed by atoms with van der Waals surface area (Å²) in [5.41, 5.74) is -0.122. The van der Waals surface area contributed by atoms with Crippen LogP contribution < -0.4 is 9.46 Å². The number of sulfonamides is 1. The highest BCUT2D eigenvalue weighted by Gasteiger charge is 2.15. The van der Waals surface area contributed by atoms with Gasteiger partial charge in [-0.05, 0) is 36.4 Å². The van der Waals surface area contributed by atoms with Crippen molar-refractivity contribution in [2.24, 2.45) is 0 Å². The number of carbonyl (C=O) groups is 1. The first kappa shape index (κ1) is 14.8. The van der Waals surface area contributed by atoms with E-state index in [1.54, 1.807) is 0 Å². The topological polar surface area (TPSA) is 106 Å². The zero-order chi connectivity index (χ0) is 15.5. The monoisotopic (exact) mass is 308 g/mol. The molecule has 0 aliphatic carbocycles. The van der Waals surface area contributed by atoms with Crippen LogP contribution in [0.4, 0.5) is 5.69 Å². The third kappa shape index (κ3) is 3.48. The minimum absolute atomic E-state index is 0.0389. The first-order valence-corrected chi connectivity index (χ1v) is 7.27. The molecule has 21 heavy (non-hydrogen) atoms. The van der Waals surface area contributed by atoms with Crippen molar-refractivity contribution >= 4 is 21.7 Å². The molecule has 1 heterocycles. The molecule has 0 fully saturated rings. The number of nitrogens with zero attached hydrogens (tertiary/aromatic N) is 1. The number of methoxy groups -OCH3 is 1. The van der Waals surface area contributed by atoms with Gasteiger partial charge in [0.2, 0.25) is 0 Å². The van der Waals surface area contributed by atoms with Gasteiger partial charge in [0.15, 0.2) is 0 Å². The number of benzene rings is 1. The summed E-state index contributed by atoms with van der Waals surface area (Å²) in [4.78, 5) is 14.5. The molecule has 110 valence electrons. The Kier molecular flexibility index (Phi) is 4.08. The number of hydrogen-bond donors (Lipinski definition) is 2. The van der Waals surface area contributed by atoms with Gasteiger partial charge in [-0.3, -0.25) is 4.72 Å². The maximum absolute atomic E-state index is 12.2. The van der Waals surface area contributed by atoms with E-state index >= 15 is 0 Å². The van der Waals surface area contributed by atoms with Gasteiger partial charge in [-0.1, -0.05) is 0 Å². The van der Waals surface area contributed by atoms with Gasteiger partial charge in [0.05, 0.1) is 17.7 Å². The molecule has 2 aromatic rings. The normalized spacial score (nSPS) is 10.9. The van der Waals surface area contributed by atoms with E-state index in [1.165, 1.54) is 43.6 Å². The highest BCUT2D eigenvalue weighted by Crippen LogP contribution is 2.19. The molecule has 2 rings (SSSR count). The number of ether oxygens (including phenoxy) is 1. The SMILES string of the molecule is COc1ccc(S(=O)(=O)Nc2ccnc(C(=O)O)c2)cc1. The van der Waals surface area contributed by atoms with Gasteiger partial charge < -0.3 is 9.84 Å². The Balaban J connectivity index is 2.28. The van der Waals surface area contributed by atoms with Crippen molar-refractivity contribution in [1.29, 1.82) is 0 Å². The van der Waals surface area contributed by atoms with E-state index in [-0.39, 0.29) is 16.3 Å². The fourth-order valence-electron chi connectivity index (χ4n) is 1.58. The van der Waals surface area contributed by atoms with Crippen LogP contribution in [-0.2, 0) is 10.0 Å². The number of hydrogen-bond acceptors (Lipinski definition) is 5. The minimum Gasteiger partial charge on any atom is -0.497 e. The lowest BCUT2D eigenvalue weighted by atomic mass is 10.3. The molecule has 0 unspecified atom stereocenters. The van der Waals surface area contributed by atoms with Crippen molar-refractivity contribution in [2.45, 2.75) is 4.90 Å². The Hall–Kier alpha value is -2.61. The van der Waals surface area contributed by atoms with E-state index in [0.29, 0.717) is 5.75 Å². The van der Waals surface area contributed by atoms with E-state index in [1.807, 2.05) is 0 Å². The molecule has 7 nitrogen and oxygen atoms in total. The van der Waals surface area contributed by atoms with Crippen LogP contribution in [0.15, 0.2) is 47.5 Å². The van der Waals surface area contributed by atoms with E-state index in [0.717, 1.165) is 6.07 Å². The number of pyridine rings is 1. The summed E-state index contributed by atoms with van der Waals surface area (Å²) < 4.78 is 31.6. The summed E-state index contributed by atoms with van der Waals surface area (Å²) in [6, 6.07) is 8.32. The van der Waals surface area contributed by atoms with Gasteiger partial charge in [0, 0.05) is 6.20 Å². The molecule has 0 aliphatic heterocycles. The predicted octanol–water partition coefficient (Wildman–Crippen LogP) is 1.59. The van der Waals surface area contributed by atoms with Crippen LogP contribution >= 0.6 is 0 Å². The summed E-state index contributed by atoms with van der Waals surface area (Å²) in [6.07, 6.45) is 1.22. The summed E-state index contributed by atoms with van der Waals surface area (Å²) in [6.45, 7) is 0. The first-order valence-electron chi connectivity index (χ1n) is 5.78. The van der Waals surface area contributed by atoms with Crippen LogP contribution in [0, 0.1) is 0 Å². The maximum Gasteiger partial charge on any atom is 0.354 e. The number of nitrogens with one attached hydrogen (secondary N) is 1. The molecule has 1 aromatic heterocycles. The average molecular weight is 308 g/mol. The number of aromatic nitrogens is 1. The van der Waals surface area contributed by atoms with Crippen LogP contribution in [0.5, 0.6) is 5.75 Å². The number of anilines is 1. The summed E-state index contributed by atoms with van der Waals surface area (Å²) in [5, 5.41) is 8.83. The summed E-state index contributed by atoms with van der Waals surface area (Å²) >= 11 is 0. The molecule has 8 heteroatoms. The van der Waals surface area contributed by atoms with Crippen LogP contribution in [0.2, 0.25) is 0 Å². The zero-order valence-electron chi connectivity index (χ0n) is 11.0. The molecule has 1 aromatic carbocycles.